The molecule has 0 aromatic heterocycles. The zero-order valence-corrected chi connectivity index (χ0v) is 13.4. The molecule has 0 aliphatic carbocycles. The summed E-state index contributed by atoms with van der Waals surface area (Å²) in [6, 6.07) is 0. The van der Waals surface area contributed by atoms with Crippen molar-refractivity contribution in [3.63, 3.8) is 0 Å². The van der Waals surface area contributed by atoms with Crippen LogP contribution in [0.5, 0.6) is 0 Å². The van der Waals surface area contributed by atoms with Gasteiger partial charge in [-0.3, -0.25) is 12.2 Å². The average Bonchev–Trinajstić information content (AvgIpc) is 2.31. The minimum atomic E-state index is 0. The van der Waals surface area contributed by atoms with Gasteiger partial charge in [0.05, 0.1) is 0 Å². The second kappa shape index (κ2) is 24.7. The normalized spacial score (nSPS) is 9.53. The summed E-state index contributed by atoms with van der Waals surface area (Å²) in [6.07, 6.45) is 18.4. The van der Waals surface area contributed by atoms with Crippen LogP contribution in [-0.4, -0.2) is 0 Å². The number of hydrogen-bond acceptors (Lipinski definition) is 0. The molecule has 0 spiro atoms. The minimum absolute atomic E-state index is 0. The molecule has 0 saturated carbocycles. The molecule has 0 aromatic rings. The van der Waals surface area contributed by atoms with E-state index in [0.29, 0.717) is 0 Å². The Labute approximate surface area is 123 Å². The zero-order valence-electron chi connectivity index (χ0n) is 11.2. The van der Waals surface area contributed by atoms with Crippen molar-refractivity contribution in [2.45, 2.75) is 52.4 Å². The molecule has 0 heterocycles. The fourth-order valence-electron chi connectivity index (χ4n) is 0.954. The van der Waals surface area contributed by atoms with Crippen LogP contribution in [0.3, 0.4) is 0 Å². The van der Waals surface area contributed by atoms with Gasteiger partial charge >= 0.3 is 21.1 Å². The van der Waals surface area contributed by atoms with Gasteiger partial charge in [0.15, 0.2) is 0 Å². The second-order valence-electron chi connectivity index (χ2n) is 3.39. The maximum Gasteiger partial charge on any atom is 2.00 e. The number of allylic oxidation sites excluding steroid dienone is 6. The third-order valence-electron chi connectivity index (χ3n) is 1.80. The van der Waals surface area contributed by atoms with Crippen LogP contribution >= 0.6 is 0 Å². The van der Waals surface area contributed by atoms with E-state index in [-0.39, 0.29) is 21.1 Å². The van der Waals surface area contributed by atoms with Gasteiger partial charge < -0.3 is 13.2 Å². The van der Waals surface area contributed by atoms with Crippen LogP contribution in [0, 0.1) is 13.2 Å². The molecule has 0 aromatic carbocycles. The molecule has 0 N–H and O–H groups in total. The summed E-state index contributed by atoms with van der Waals surface area (Å²) < 4.78 is 0. The minimum Gasteiger partial charge on any atom is -0.518 e. The monoisotopic (exact) mass is 413 g/mol. The van der Waals surface area contributed by atoms with E-state index in [0.717, 1.165) is 38.5 Å². The molecule has 0 radical (unpaired) electrons. The van der Waals surface area contributed by atoms with Crippen molar-refractivity contribution >= 4 is 0 Å². The number of unbranched alkanes of at least 4 members (excludes halogenated alkanes) is 2. The third-order valence-corrected chi connectivity index (χ3v) is 1.80. The van der Waals surface area contributed by atoms with E-state index in [2.05, 4.69) is 38.2 Å². The Morgan fingerprint density at radius 2 is 1.00 bits per heavy atom. The van der Waals surface area contributed by atoms with Crippen molar-refractivity contribution in [3.05, 3.63) is 49.6 Å². The molecule has 0 aliphatic heterocycles. The van der Waals surface area contributed by atoms with Crippen LogP contribution in [0.25, 0.3) is 0 Å². The van der Waals surface area contributed by atoms with E-state index in [1.807, 2.05) is 0 Å². The van der Waals surface area contributed by atoms with Crippen molar-refractivity contribution in [1.82, 2.24) is 0 Å². The Bertz CT molecular complexity index is 168. The van der Waals surface area contributed by atoms with Crippen LogP contribution in [0.2, 0.25) is 0 Å². The fourth-order valence-corrected chi connectivity index (χ4v) is 0.954. The molecule has 0 rings (SSSR count). The summed E-state index contributed by atoms with van der Waals surface area (Å²) in [6.45, 7) is 14.6. The van der Waals surface area contributed by atoms with Gasteiger partial charge in [-0.1, -0.05) is 51.0 Å². The molecular weight excluding hydrogens is 387 g/mol. The first-order valence-electron chi connectivity index (χ1n) is 6.20. The van der Waals surface area contributed by atoms with E-state index in [4.69, 9.17) is 13.2 Å². The van der Waals surface area contributed by atoms with Crippen LogP contribution in [0.15, 0.2) is 36.5 Å². The number of rotatable bonds is 8. The van der Waals surface area contributed by atoms with E-state index in [9.17, 15) is 0 Å². The Kier molecular flexibility index (Phi) is 31.9. The van der Waals surface area contributed by atoms with Gasteiger partial charge in [0.2, 0.25) is 0 Å². The summed E-state index contributed by atoms with van der Waals surface area (Å²) in [4.78, 5) is 0. The first kappa shape index (κ1) is 21.9. The topological polar surface area (TPSA) is 0 Å². The van der Waals surface area contributed by atoms with E-state index < -0.39 is 0 Å². The van der Waals surface area contributed by atoms with Crippen LogP contribution < -0.4 is 0 Å². The van der Waals surface area contributed by atoms with Gasteiger partial charge in [-0.25, -0.2) is 0 Å². The van der Waals surface area contributed by atoms with E-state index >= 15 is 0 Å². The second-order valence-corrected chi connectivity index (χ2v) is 3.39. The Balaban J connectivity index is -0.000000218. The first-order valence-corrected chi connectivity index (χ1v) is 6.20. The van der Waals surface area contributed by atoms with Crippen LogP contribution in [0.4, 0.5) is 0 Å². The molecule has 0 unspecified atom stereocenters. The largest absolute Gasteiger partial charge is 2.00 e. The van der Waals surface area contributed by atoms with Crippen molar-refractivity contribution < 1.29 is 21.1 Å². The molecular formula is C16H26Pt. The van der Waals surface area contributed by atoms with Crippen molar-refractivity contribution in [1.29, 1.82) is 0 Å². The molecule has 100 valence electrons. The first-order chi connectivity index (χ1) is 7.83. The summed E-state index contributed by atoms with van der Waals surface area (Å²) in [5, 5.41) is 0. The van der Waals surface area contributed by atoms with Crippen molar-refractivity contribution in [2.24, 2.45) is 0 Å². The molecule has 1 heteroatoms. The van der Waals surface area contributed by atoms with Crippen LogP contribution in [-0.2, 0) is 21.1 Å². The molecule has 0 saturated heterocycles. The Morgan fingerprint density at radius 1 is 0.647 bits per heavy atom. The third kappa shape index (κ3) is 31.3. The van der Waals surface area contributed by atoms with Crippen molar-refractivity contribution in [3.8, 4) is 0 Å². The van der Waals surface area contributed by atoms with Crippen LogP contribution in [0.1, 0.15) is 52.4 Å². The Hall–Kier alpha value is -0.352. The quantitative estimate of drug-likeness (QED) is 0.282. The molecule has 0 aliphatic rings. The van der Waals surface area contributed by atoms with Gasteiger partial charge in [-0.2, -0.15) is 0 Å². The van der Waals surface area contributed by atoms with Gasteiger partial charge in [0.25, 0.3) is 0 Å². The molecule has 0 amide bonds. The molecule has 17 heavy (non-hydrogen) atoms. The smallest absolute Gasteiger partial charge is 0.518 e. The molecule has 0 fully saturated rings. The van der Waals surface area contributed by atoms with Gasteiger partial charge in [-0.05, 0) is 25.7 Å². The zero-order chi connectivity index (χ0) is 12.5. The summed E-state index contributed by atoms with van der Waals surface area (Å²) in [5.74, 6) is 0. The molecule has 0 nitrogen and oxygen atoms in total. The van der Waals surface area contributed by atoms with Gasteiger partial charge in [-0.15, -0.1) is 0 Å². The maximum atomic E-state index is 5.15. The Morgan fingerprint density at radius 3 is 1.24 bits per heavy atom. The summed E-state index contributed by atoms with van der Waals surface area (Å²) in [5.41, 5.74) is 0. The average molecular weight is 413 g/mol. The summed E-state index contributed by atoms with van der Waals surface area (Å²) >= 11 is 0. The van der Waals surface area contributed by atoms with E-state index in [1.54, 1.807) is 12.2 Å². The maximum absolute atomic E-state index is 5.15. The predicted molar refractivity (Wildman–Crippen MR) is 75.1 cm³/mol. The predicted octanol–water partition coefficient (Wildman–Crippen LogP) is 5.44. The summed E-state index contributed by atoms with van der Waals surface area (Å²) in [7, 11) is 0. The SMILES string of the molecule is [CH-]=CCCC=CCC.[CH-]=CCCC=CCC.[Pt+2]. The van der Waals surface area contributed by atoms with Gasteiger partial charge in [0.1, 0.15) is 0 Å². The van der Waals surface area contributed by atoms with E-state index in [1.165, 1.54) is 0 Å². The standard InChI is InChI=1S/2C8H13.Pt/c2*1-3-5-7-8-6-4-2;/h2*1,3,6,8H,4-5,7H2,2H3;/q2*-1;+2. The molecule has 0 bridgehead atoms. The number of hydrogen-bond donors (Lipinski definition) is 0. The molecule has 0 atom stereocenters. The van der Waals surface area contributed by atoms with Crippen molar-refractivity contribution in [2.75, 3.05) is 0 Å². The fraction of sp³-hybridized carbons (Fsp3) is 0.500. The van der Waals surface area contributed by atoms with Gasteiger partial charge in [0, 0.05) is 0 Å².